The molecule has 0 atom stereocenters. The normalized spacial score (nSPS) is 10.7. The van der Waals surface area contributed by atoms with Crippen LogP contribution in [0.2, 0.25) is 5.02 Å². The summed E-state index contributed by atoms with van der Waals surface area (Å²) in [4.78, 5) is 16.4. The number of fused-ring (bicyclic) bond motifs is 1. The Morgan fingerprint density at radius 2 is 2.12 bits per heavy atom. The van der Waals surface area contributed by atoms with Crippen LogP contribution in [-0.4, -0.2) is 29.2 Å². The van der Waals surface area contributed by atoms with Crippen molar-refractivity contribution in [2.75, 3.05) is 19.0 Å². The fraction of sp³-hybridized carbons (Fsp3) is 0.222. The first-order valence-electron chi connectivity index (χ1n) is 7.77. The number of benzene rings is 1. The molecule has 2 aromatic heterocycles. The first kappa shape index (κ1) is 17.1. The van der Waals surface area contributed by atoms with Gasteiger partial charge >= 0.3 is 5.97 Å². The second-order valence-corrected chi connectivity index (χ2v) is 5.78. The van der Waals surface area contributed by atoms with Crippen molar-refractivity contribution < 1.29 is 14.3 Å². The Balaban J connectivity index is 2.08. The topological polar surface area (TPSA) is 65.4 Å². The minimum Gasteiger partial charge on any atom is -0.497 e. The predicted molar refractivity (Wildman–Crippen MR) is 98.0 cm³/mol. The van der Waals surface area contributed by atoms with Crippen LogP contribution in [0.4, 0.5) is 11.5 Å². The van der Waals surface area contributed by atoms with Crippen LogP contribution in [0.25, 0.3) is 10.9 Å². The van der Waals surface area contributed by atoms with Crippen molar-refractivity contribution >= 4 is 40.0 Å². The molecule has 3 aromatic rings. The average Bonchev–Trinajstić information content (AvgIpc) is 2.96. The SMILES string of the molecule is CCOC(=O)c1cc2c(Nc3cc(OC)ccn3)ccc(Cl)c2n1C. The van der Waals surface area contributed by atoms with E-state index in [0.717, 1.165) is 16.6 Å². The van der Waals surface area contributed by atoms with Gasteiger partial charge in [-0.1, -0.05) is 11.6 Å². The zero-order chi connectivity index (χ0) is 18.0. The molecule has 0 aliphatic heterocycles. The van der Waals surface area contributed by atoms with Crippen LogP contribution >= 0.6 is 11.6 Å². The van der Waals surface area contributed by atoms with Gasteiger partial charge in [0.25, 0.3) is 0 Å². The summed E-state index contributed by atoms with van der Waals surface area (Å²) in [5.41, 5.74) is 1.97. The number of hydrogen-bond acceptors (Lipinski definition) is 5. The summed E-state index contributed by atoms with van der Waals surface area (Å²) in [6.45, 7) is 2.09. The van der Waals surface area contributed by atoms with E-state index in [2.05, 4.69) is 10.3 Å². The van der Waals surface area contributed by atoms with Crippen LogP contribution in [0, 0.1) is 0 Å². The number of anilines is 2. The number of nitrogens with zero attached hydrogens (tertiary/aromatic N) is 2. The Kier molecular flexibility index (Phi) is 4.81. The molecule has 0 aliphatic rings. The van der Waals surface area contributed by atoms with Gasteiger partial charge in [-0.15, -0.1) is 0 Å². The number of halogens is 1. The van der Waals surface area contributed by atoms with Gasteiger partial charge in [-0.2, -0.15) is 0 Å². The third-order valence-corrected chi connectivity index (χ3v) is 4.17. The summed E-state index contributed by atoms with van der Waals surface area (Å²) in [6.07, 6.45) is 1.66. The second-order valence-electron chi connectivity index (χ2n) is 5.37. The first-order chi connectivity index (χ1) is 12.0. The van der Waals surface area contributed by atoms with Gasteiger partial charge in [-0.25, -0.2) is 9.78 Å². The molecule has 0 saturated heterocycles. The van der Waals surface area contributed by atoms with E-state index < -0.39 is 0 Å². The molecule has 0 saturated carbocycles. The minimum absolute atomic E-state index is 0.312. The van der Waals surface area contributed by atoms with Crippen molar-refractivity contribution in [1.29, 1.82) is 0 Å². The van der Waals surface area contributed by atoms with E-state index in [1.165, 1.54) is 0 Å². The molecule has 2 heterocycles. The molecule has 0 unspecified atom stereocenters. The molecule has 0 fully saturated rings. The summed E-state index contributed by atoms with van der Waals surface area (Å²) in [6, 6.07) is 8.95. The average molecular weight is 360 g/mol. The standard InChI is InChI=1S/C18H18ClN3O3/c1-4-25-18(23)15-10-12-14(6-5-13(19)17(12)22(15)2)21-16-9-11(24-3)7-8-20-16/h5-10H,4H2,1-3H3,(H,20,21). The van der Waals surface area contributed by atoms with Crippen LogP contribution < -0.4 is 10.1 Å². The van der Waals surface area contributed by atoms with Gasteiger partial charge in [0.15, 0.2) is 0 Å². The molecule has 0 spiro atoms. The van der Waals surface area contributed by atoms with Crippen molar-refractivity contribution in [1.82, 2.24) is 9.55 Å². The molecule has 7 heteroatoms. The third-order valence-electron chi connectivity index (χ3n) is 3.86. The molecular formula is C18H18ClN3O3. The lowest BCUT2D eigenvalue weighted by Gasteiger charge is -2.10. The van der Waals surface area contributed by atoms with E-state index in [0.29, 0.717) is 28.9 Å². The molecule has 1 aromatic carbocycles. The molecule has 25 heavy (non-hydrogen) atoms. The highest BCUT2D eigenvalue weighted by Gasteiger charge is 2.18. The lowest BCUT2D eigenvalue weighted by atomic mass is 10.2. The first-order valence-corrected chi connectivity index (χ1v) is 8.15. The van der Waals surface area contributed by atoms with Crippen LogP contribution in [0.3, 0.4) is 0 Å². The highest BCUT2D eigenvalue weighted by atomic mass is 35.5. The minimum atomic E-state index is -0.386. The Labute approximate surface area is 150 Å². The van der Waals surface area contributed by atoms with Gasteiger partial charge in [0.2, 0.25) is 0 Å². The van der Waals surface area contributed by atoms with E-state index in [9.17, 15) is 4.79 Å². The molecule has 1 N–H and O–H groups in total. The molecule has 0 aliphatic carbocycles. The lowest BCUT2D eigenvalue weighted by Crippen LogP contribution is -2.09. The van der Waals surface area contributed by atoms with E-state index in [1.54, 1.807) is 56.1 Å². The summed E-state index contributed by atoms with van der Waals surface area (Å²) in [7, 11) is 3.39. The largest absolute Gasteiger partial charge is 0.497 e. The number of carbonyl (C=O) groups is 1. The number of aromatic nitrogens is 2. The van der Waals surface area contributed by atoms with E-state index in [1.807, 2.05) is 6.07 Å². The molecule has 0 amide bonds. The fourth-order valence-corrected chi connectivity index (χ4v) is 2.97. The van der Waals surface area contributed by atoms with Gasteiger partial charge in [0.05, 0.1) is 24.3 Å². The van der Waals surface area contributed by atoms with Crippen LogP contribution in [0.15, 0.2) is 36.5 Å². The number of pyridine rings is 1. The second kappa shape index (κ2) is 7.03. The number of methoxy groups -OCH3 is 1. The number of nitrogens with one attached hydrogen (secondary N) is 1. The smallest absolute Gasteiger partial charge is 0.354 e. The summed E-state index contributed by atoms with van der Waals surface area (Å²) < 4.78 is 12.1. The van der Waals surface area contributed by atoms with Crippen molar-refractivity contribution in [2.45, 2.75) is 6.92 Å². The molecular weight excluding hydrogens is 342 g/mol. The fourth-order valence-electron chi connectivity index (χ4n) is 2.68. The molecule has 0 bridgehead atoms. The molecule has 0 radical (unpaired) electrons. The van der Waals surface area contributed by atoms with Crippen LogP contribution in [0.5, 0.6) is 5.75 Å². The Morgan fingerprint density at radius 3 is 2.84 bits per heavy atom. The van der Waals surface area contributed by atoms with E-state index in [4.69, 9.17) is 21.1 Å². The Hall–Kier alpha value is -2.73. The van der Waals surface area contributed by atoms with E-state index >= 15 is 0 Å². The van der Waals surface area contributed by atoms with Crippen molar-refractivity contribution in [3.8, 4) is 5.75 Å². The monoisotopic (exact) mass is 359 g/mol. The van der Waals surface area contributed by atoms with Gasteiger partial charge < -0.3 is 19.4 Å². The van der Waals surface area contributed by atoms with Crippen LogP contribution in [0.1, 0.15) is 17.4 Å². The molecule has 3 rings (SSSR count). The zero-order valence-electron chi connectivity index (χ0n) is 14.2. The summed E-state index contributed by atoms with van der Waals surface area (Å²) in [5, 5.41) is 4.61. The summed E-state index contributed by atoms with van der Waals surface area (Å²) in [5.74, 6) is 0.940. The van der Waals surface area contributed by atoms with Crippen molar-refractivity contribution in [3.05, 3.63) is 47.2 Å². The highest BCUT2D eigenvalue weighted by Crippen LogP contribution is 2.34. The van der Waals surface area contributed by atoms with Gasteiger partial charge in [-0.3, -0.25) is 0 Å². The van der Waals surface area contributed by atoms with E-state index in [-0.39, 0.29) is 5.97 Å². The van der Waals surface area contributed by atoms with Gasteiger partial charge in [-0.05, 0) is 31.2 Å². The van der Waals surface area contributed by atoms with Crippen molar-refractivity contribution in [3.63, 3.8) is 0 Å². The zero-order valence-corrected chi connectivity index (χ0v) is 14.9. The predicted octanol–water partition coefficient (Wildman–Crippen LogP) is 4.16. The number of rotatable bonds is 5. The molecule has 130 valence electrons. The maximum Gasteiger partial charge on any atom is 0.354 e. The maximum absolute atomic E-state index is 12.2. The lowest BCUT2D eigenvalue weighted by molar-refractivity contribution is 0.0516. The number of esters is 1. The number of hydrogen-bond donors (Lipinski definition) is 1. The molecule has 6 nitrogen and oxygen atoms in total. The Morgan fingerprint density at radius 1 is 1.32 bits per heavy atom. The third kappa shape index (κ3) is 3.25. The highest BCUT2D eigenvalue weighted by molar-refractivity contribution is 6.36. The number of carbonyl (C=O) groups excluding carboxylic acids is 1. The number of ether oxygens (including phenoxy) is 2. The van der Waals surface area contributed by atoms with Gasteiger partial charge in [0, 0.05) is 30.4 Å². The Bertz CT molecular complexity index is 937. The summed E-state index contributed by atoms with van der Waals surface area (Å²) >= 11 is 6.34. The number of aryl methyl sites for hydroxylation is 1. The maximum atomic E-state index is 12.2. The quantitative estimate of drug-likeness (QED) is 0.693. The van der Waals surface area contributed by atoms with Crippen LogP contribution in [-0.2, 0) is 11.8 Å². The van der Waals surface area contributed by atoms with Gasteiger partial charge in [0.1, 0.15) is 17.3 Å². The van der Waals surface area contributed by atoms with Crippen molar-refractivity contribution in [2.24, 2.45) is 7.05 Å².